The fourth-order valence-electron chi connectivity index (χ4n) is 20.7. The van der Waals surface area contributed by atoms with Crippen LogP contribution in [0, 0.1) is 6.92 Å². The molecule has 14 aromatic rings. The normalized spacial score (nSPS) is 14.7. The fraction of sp³-hybridized carbons (Fsp3) is 0.243. The van der Waals surface area contributed by atoms with Gasteiger partial charge in [0.1, 0.15) is 0 Å². The highest BCUT2D eigenvalue weighted by Crippen LogP contribution is 2.61. The number of ether oxygens (including phenoxy) is 1. The lowest BCUT2D eigenvalue weighted by molar-refractivity contribution is 0.398. The molecule has 0 radical (unpaired) electrons. The molecule has 1 aliphatic heterocycles. The lowest BCUT2D eigenvalue weighted by Gasteiger charge is -2.36. The van der Waals surface area contributed by atoms with Crippen LogP contribution >= 0.6 is 0 Å². The molecule has 5 aliphatic rings. The van der Waals surface area contributed by atoms with Crippen LogP contribution in [0.5, 0.6) is 11.5 Å². The van der Waals surface area contributed by atoms with E-state index in [-0.39, 0.29) is 21.7 Å². The molecule has 2 nitrogen and oxygen atoms in total. The number of unbranched alkanes of at least 4 members (excludes halogenated alkanes) is 10. The Labute approximate surface area is 671 Å². The van der Waals surface area contributed by atoms with Crippen LogP contribution < -0.4 is 9.64 Å². The molecule has 0 amide bonds. The Morgan fingerprint density at radius 3 is 0.956 bits per heavy atom. The van der Waals surface area contributed by atoms with Crippen molar-refractivity contribution in [2.45, 2.75) is 174 Å². The first-order valence-corrected chi connectivity index (χ1v) is 42.3. The number of nitrogens with zero attached hydrogens (tertiary/aromatic N) is 1. The van der Waals surface area contributed by atoms with Crippen LogP contribution in [0.25, 0.3) is 122 Å². The van der Waals surface area contributed by atoms with Gasteiger partial charge in [-0.1, -0.05) is 356 Å². The molecule has 113 heavy (non-hydrogen) atoms. The number of hydrogen-bond acceptors (Lipinski definition) is 2. The second-order valence-corrected chi connectivity index (χ2v) is 35.0. The first-order chi connectivity index (χ1) is 55.1. The van der Waals surface area contributed by atoms with Crippen molar-refractivity contribution in [2.75, 3.05) is 4.90 Å². The highest BCUT2D eigenvalue weighted by atomic mass is 16.5. The summed E-state index contributed by atoms with van der Waals surface area (Å²) in [7, 11) is 0. The summed E-state index contributed by atoms with van der Waals surface area (Å²) in [5.41, 5.74) is 42.6. The van der Waals surface area contributed by atoms with Crippen molar-refractivity contribution in [2.24, 2.45) is 0 Å². The summed E-state index contributed by atoms with van der Waals surface area (Å²) < 4.78 is 7.48. The van der Waals surface area contributed by atoms with Gasteiger partial charge in [0.15, 0.2) is 11.5 Å². The van der Waals surface area contributed by atoms with Crippen LogP contribution in [0.1, 0.15) is 195 Å². The summed E-state index contributed by atoms with van der Waals surface area (Å²) in [6.07, 6.45) is 18.3. The van der Waals surface area contributed by atoms with E-state index >= 15 is 0 Å². The van der Waals surface area contributed by atoms with Gasteiger partial charge in [-0.3, -0.25) is 0 Å². The highest BCUT2D eigenvalue weighted by molar-refractivity contribution is 6.04. The second-order valence-electron chi connectivity index (χ2n) is 35.0. The topological polar surface area (TPSA) is 12.5 Å². The van der Waals surface area contributed by atoms with E-state index in [1.807, 2.05) is 0 Å². The maximum absolute atomic E-state index is 7.48. The molecule has 0 atom stereocenters. The zero-order chi connectivity index (χ0) is 76.9. The smallest absolute Gasteiger partial charge is 0.152 e. The van der Waals surface area contributed by atoms with E-state index in [0.717, 1.165) is 73.1 Å². The van der Waals surface area contributed by atoms with E-state index in [9.17, 15) is 0 Å². The monoisotopic (exact) mass is 1470 g/mol. The van der Waals surface area contributed by atoms with Gasteiger partial charge in [-0.25, -0.2) is 0 Å². The maximum atomic E-state index is 7.48. The molecule has 2 heteroatoms. The molecule has 19 rings (SSSR count). The Kier molecular flexibility index (Phi) is 18.3. The molecule has 0 unspecified atom stereocenters. The van der Waals surface area contributed by atoms with Crippen LogP contribution in [-0.2, 0) is 21.7 Å². The van der Waals surface area contributed by atoms with Crippen molar-refractivity contribution in [3.63, 3.8) is 0 Å². The predicted molar refractivity (Wildman–Crippen MR) is 479 cm³/mol. The second kappa shape index (κ2) is 28.7. The van der Waals surface area contributed by atoms with Crippen LogP contribution in [0.3, 0.4) is 0 Å². The van der Waals surface area contributed by atoms with Crippen LogP contribution in [0.4, 0.5) is 17.1 Å². The molecule has 4 aliphatic carbocycles. The standard InChI is InChI=1S/C111H103NO/c1-10-12-14-16-18-31-59-111(60-32-19-17-15-13-11-2)95-40-30-29-39-85(95)92-56-47-81(69-102(92)111)78-44-53-90-88-51-42-76(64-98(88)109(6,7)100(90)66-78)77-43-52-89-91-55-46-80(68-101(91)110(8,9)99(89)65-77)83-49-58-104-106(71-83)113-105-70-82(79-45-54-87-86-50-41-72(3)61-96(86)108(4,5)97(87)67-79)48-57-103(105)112(104)107-93(74-35-25-21-26-36-74)62-84(73-33-23-20-24-34-73)63-94(107)75-37-27-22-28-38-75/h20-30,33-58,61-71H,10-19,31-32,59-60H2,1-9H3. The molecule has 0 saturated carbocycles. The number of benzene rings is 14. The van der Waals surface area contributed by atoms with Crippen molar-refractivity contribution in [3.8, 4) is 134 Å². The largest absolute Gasteiger partial charge is 0.453 e. The van der Waals surface area contributed by atoms with Gasteiger partial charge in [-0.05, 0) is 248 Å². The van der Waals surface area contributed by atoms with E-state index in [1.54, 1.807) is 11.1 Å². The summed E-state index contributed by atoms with van der Waals surface area (Å²) in [4.78, 5) is 2.49. The molecule has 0 bridgehead atoms. The van der Waals surface area contributed by atoms with Gasteiger partial charge < -0.3 is 9.64 Å². The Morgan fingerprint density at radius 1 is 0.239 bits per heavy atom. The Hall–Kier alpha value is -11.3. The Bertz CT molecular complexity index is 5970. The Morgan fingerprint density at radius 2 is 0.549 bits per heavy atom. The third-order valence-corrected chi connectivity index (χ3v) is 26.9. The first kappa shape index (κ1) is 72.0. The van der Waals surface area contributed by atoms with Crippen molar-refractivity contribution in [1.82, 2.24) is 0 Å². The third-order valence-electron chi connectivity index (χ3n) is 26.9. The van der Waals surface area contributed by atoms with Gasteiger partial charge in [0.2, 0.25) is 0 Å². The highest BCUT2D eigenvalue weighted by Gasteiger charge is 2.44. The zero-order valence-corrected chi connectivity index (χ0v) is 67.5. The summed E-state index contributed by atoms with van der Waals surface area (Å²) in [5.74, 6) is 1.61. The zero-order valence-electron chi connectivity index (χ0n) is 67.5. The summed E-state index contributed by atoms with van der Waals surface area (Å²) in [6, 6.07) is 112. The molecule has 0 N–H and O–H groups in total. The summed E-state index contributed by atoms with van der Waals surface area (Å²) >= 11 is 0. The molecular weight excluding hydrogens is 1360 g/mol. The van der Waals surface area contributed by atoms with Crippen molar-refractivity contribution >= 4 is 17.1 Å². The quantitative estimate of drug-likeness (QED) is 0.0627. The van der Waals surface area contributed by atoms with E-state index in [2.05, 4.69) is 358 Å². The molecule has 0 fully saturated rings. The lowest BCUT2D eigenvalue weighted by Crippen LogP contribution is -2.25. The van der Waals surface area contributed by atoms with Crippen molar-refractivity contribution in [3.05, 3.63) is 341 Å². The van der Waals surface area contributed by atoms with Gasteiger partial charge in [-0.15, -0.1) is 0 Å². The summed E-state index contributed by atoms with van der Waals surface area (Å²) in [6.45, 7) is 21.4. The Balaban J connectivity index is 0.652. The SMILES string of the molecule is CCCCCCCCC1(CCCCCCCC)c2ccccc2-c2ccc(-c3ccc4c(c3)C(C)(C)c3cc(-c5ccc6c(c5)C(C)(C)c5cc(-c7ccc8c(c7)Oc7cc(-c9ccc%10c(c9)C(C)(C)c9cc(C)ccc9-%10)ccc7N8c7c(-c8ccccc8)cc(-c8ccccc8)cc7-c7ccccc7)ccc5-6)ccc3-4)cc21. The number of rotatable bonds is 22. The van der Waals surface area contributed by atoms with Crippen LogP contribution in [0.2, 0.25) is 0 Å². The molecule has 1 heterocycles. The van der Waals surface area contributed by atoms with Gasteiger partial charge in [0, 0.05) is 32.8 Å². The molecule has 14 aromatic carbocycles. The van der Waals surface area contributed by atoms with Gasteiger partial charge >= 0.3 is 0 Å². The average molecular weight is 1470 g/mol. The van der Waals surface area contributed by atoms with Crippen LogP contribution in [0.15, 0.2) is 291 Å². The van der Waals surface area contributed by atoms with Gasteiger partial charge in [-0.2, -0.15) is 0 Å². The van der Waals surface area contributed by atoms with E-state index < -0.39 is 0 Å². The molecular formula is C111H103NO. The maximum Gasteiger partial charge on any atom is 0.152 e. The number of aryl methyl sites for hydroxylation is 1. The number of anilines is 3. The van der Waals surface area contributed by atoms with Gasteiger partial charge in [0.05, 0.1) is 17.1 Å². The number of fused-ring (bicyclic) bond motifs is 14. The van der Waals surface area contributed by atoms with Crippen molar-refractivity contribution in [1.29, 1.82) is 0 Å². The molecule has 558 valence electrons. The van der Waals surface area contributed by atoms with Gasteiger partial charge in [0.25, 0.3) is 0 Å². The van der Waals surface area contributed by atoms with Crippen molar-refractivity contribution < 1.29 is 4.74 Å². The molecule has 0 aromatic heterocycles. The molecule has 0 spiro atoms. The van der Waals surface area contributed by atoms with E-state index in [1.165, 1.54) is 207 Å². The average Bonchev–Trinajstić information content (AvgIpc) is 1.44. The first-order valence-electron chi connectivity index (χ1n) is 42.3. The minimum absolute atomic E-state index is 0.0425. The fourth-order valence-corrected chi connectivity index (χ4v) is 20.7. The number of hydrogen-bond donors (Lipinski definition) is 0. The minimum atomic E-state index is -0.277. The predicted octanol–water partition coefficient (Wildman–Crippen LogP) is 31.9. The summed E-state index contributed by atoms with van der Waals surface area (Å²) in [5, 5.41) is 0. The van der Waals surface area contributed by atoms with E-state index in [4.69, 9.17) is 4.74 Å². The van der Waals surface area contributed by atoms with E-state index in [0.29, 0.717) is 0 Å². The lowest BCUT2D eigenvalue weighted by atomic mass is 9.70. The van der Waals surface area contributed by atoms with Crippen LogP contribution in [-0.4, -0.2) is 0 Å². The minimum Gasteiger partial charge on any atom is -0.453 e. The third kappa shape index (κ3) is 12.3. The molecule has 0 saturated heterocycles.